The maximum absolute atomic E-state index is 11.8. The number of carbonyl (C=O) groups excluding carboxylic acids is 2. The molecular formula is C11H19NO4. The van der Waals surface area contributed by atoms with Crippen LogP contribution in [0.15, 0.2) is 0 Å². The fourth-order valence-corrected chi connectivity index (χ4v) is 1.48. The van der Waals surface area contributed by atoms with Crippen molar-refractivity contribution in [2.45, 2.75) is 39.3 Å². The number of ketones is 1. The van der Waals surface area contributed by atoms with Crippen LogP contribution in [0.1, 0.15) is 27.7 Å². The van der Waals surface area contributed by atoms with Crippen molar-refractivity contribution in [1.82, 2.24) is 4.90 Å². The first kappa shape index (κ1) is 13.0. The third-order valence-electron chi connectivity index (χ3n) is 2.23. The fourth-order valence-electron chi connectivity index (χ4n) is 1.48. The maximum atomic E-state index is 11.8. The average molecular weight is 229 g/mol. The van der Waals surface area contributed by atoms with Gasteiger partial charge in [-0.15, -0.1) is 0 Å². The first-order valence-electron chi connectivity index (χ1n) is 5.39. The van der Waals surface area contributed by atoms with Crippen molar-refractivity contribution in [3.8, 4) is 0 Å². The molecule has 92 valence electrons. The fraction of sp³-hybridized carbons (Fsp3) is 0.818. The van der Waals surface area contributed by atoms with E-state index >= 15 is 0 Å². The Morgan fingerprint density at radius 2 is 2.00 bits per heavy atom. The van der Waals surface area contributed by atoms with E-state index in [-0.39, 0.29) is 12.4 Å². The number of nitrogens with zero attached hydrogens (tertiary/aromatic N) is 1. The van der Waals surface area contributed by atoms with Crippen LogP contribution in [0.25, 0.3) is 0 Å². The van der Waals surface area contributed by atoms with Crippen molar-refractivity contribution in [3.63, 3.8) is 0 Å². The summed E-state index contributed by atoms with van der Waals surface area (Å²) in [6.45, 7) is 7.96. The molecular weight excluding hydrogens is 210 g/mol. The van der Waals surface area contributed by atoms with Crippen LogP contribution in [-0.2, 0) is 14.3 Å². The van der Waals surface area contributed by atoms with Gasteiger partial charge in [-0.2, -0.15) is 0 Å². The molecule has 0 aromatic carbocycles. The molecule has 0 N–H and O–H groups in total. The minimum Gasteiger partial charge on any atom is -0.444 e. The van der Waals surface area contributed by atoms with E-state index in [0.29, 0.717) is 13.2 Å². The zero-order valence-corrected chi connectivity index (χ0v) is 10.3. The molecule has 1 aliphatic heterocycles. The quantitative estimate of drug-likeness (QED) is 0.678. The summed E-state index contributed by atoms with van der Waals surface area (Å²) < 4.78 is 10.4. The van der Waals surface area contributed by atoms with Gasteiger partial charge in [0.2, 0.25) is 0 Å². The Bertz CT molecular complexity index is 282. The highest BCUT2D eigenvalue weighted by molar-refractivity contribution is 5.85. The van der Waals surface area contributed by atoms with E-state index in [1.165, 1.54) is 11.8 Å². The Kier molecular flexibility index (Phi) is 3.91. The SMILES string of the molecule is CC(=O)[C@@H]1COCCN1C(=O)OC(C)(C)C. The number of ether oxygens (including phenoxy) is 2. The number of morpholine rings is 1. The predicted molar refractivity (Wildman–Crippen MR) is 58.2 cm³/mol. The summed E-state index contributed by atoms with van der Waals surface area (Å²) in [7, 11) is 0. The highest BCUT2D eigenvalue weighted by atomic mass is 16.6. The van der Waals surface area contributed by atoms with Crippen LogP contribution in [0.5, 0.6) is 0 Å². The standard InChI is InChI=1S/C11H19NO4/c1-8(13)9-7-15-6-5-12(9)10(14)16-11(2,3)4/h9H,5-7H2,1-4H3/t9-/m0/s1. The lowest BCUT2D eigenvalue weighted by molar-refractivity contribution is -0.127. The molecule has 0 aliphatic carbocycles. The molecule has 1 amide bonds. The van der Waals surface area contributed by atoms with E-state index < -0.39 is 17.7 Å². The monoisotopic (exact) mass is 229 g/mol. The molecule has 1 saturated heterocycles. The van der Waals surface area contributed by atoms with E-state index in [1.54, 1.807) is 20.8 Å². The van der Waals surface area contributed by atoms with Gasteiger partial charge >= 0.3 is 6.09 Å². The van der Waals surface area contributed by atoms with Crippen molar-refractivity contribution < 1.29 is 19.1 Å². The highest BCUT2D eigenvalue weighted by Gasteiger charge is 2.33. The molecule has 1 fully saturated rings. The van der Waals surface area contributed by atoms with Crippen molar-refractivity contribution in [2.24, 2.45) is 0 Å². The summed E-state index contributed by atoms with van der Waals surface area (Å²) >= 11 is 0. The minimum atomic E-state index is -0.545. The van der Waals surface area contributed by atoms with Crippen molar-refractivity contribution in [3.05, 3.63) is 0 Å². The summed E-state index contributed by atoms with van der Waals surface area (Å²) in [5.41, 5.74) is -0.545. The second kappa shape index (κ2) is 4.82. The highest BCUT2D eigenvalue weighted by Crippen LogP contribution is 2.14. The molecule has 1 rings (SSSR count). The van der Waals surface area contributed by atoms with Crippen molar-refractivity contribution in [2.75, 3.05) is 19.8 Å². The largest absolute Gasteiger partial charge is 0.444 e. The molecule has 0 bridgehead atoms. The van der Waals surface area contributed by atoms with Crippen molar-refractivity contribution >= 4 is 11.9 Å². The molecule has 0 aromatic rings. The van der Waals surface area contributed by atoms with Gasteiger partial charge < -0.3 is 9.47 Å². The second-order valence-electron chi connectivity index (χ2n) is 4.88. The van der Waals surface area contributed by atoms with Gasteiger partial charge in [0.15, 0.2) is 5.78 Å². The lowest BCUT2D eigenvalue weighted by Crippen LogP contribution is -2.53. The molecule has 0 saturated carbocycles. The van der Waals surface area contributed by atoms with Gasteiger partial charge in [-0.25, -0.2) is 4.79 Å². The van der Waals surface area contributed by atoms with Crippen LogP contribution in [-0.4, -0.2) is 48.2 Å². The maximum Gasteiger partial charge on any atom is 0.411 e. The molecule has 1 heterocycles. The Balaban J connectivity index is 2.68. The third kappa shape index (κ3) is 3.48. The number of amides is 1. The van der Waals surface area contributed by atoms with E-state index in [2.05, 4.69) is 0 Å². The molecule has 0 radical (unpaired) electrons. The first-order valence-corrected chi connectivity index (χ1v) is 5.39. The smallest absolute Gasteiger partial charge is 0.411 e. The van der Waals surface area contributed by atoms with Crippen LogP contribution < -0.4 is 0 Å². The Morgan fingerprint density at radius 3 is 2.50 bits per heavy atom. The van der Waals surface area contributed by atoms with E-state index in [9.17, 15) is 9.59 Å². The molecule has 0 unspecified atom stereocenters. The van der Waals surface area contributed by atoms with E-state index in [1.807, 2.05) is 0 Å². The minimum absolute atomic E-state index is 0.0782. The number of hydrogen-bond acceptors (Lipinski definition) is 4. The molecule has 1 aliphatic rings. The van der Waals surface area contributed by atoms with E-state index in [0.717, 1.165) is 0 Å². The summed E-state index contributed by atoms with van der Waals surface area (Å²) in [5.74, 6) is -0.0782. The number of Topliss-reactive ketones (excluding diaryl/α,β-unsaturated/α-hetero) is 1. The van der Waals surface area contributed by atoms with Crippen LogP contribution in [0.2, 0.25) is 0 Å². The lowest BCUT2D eigenvalue weighted by Gasteiger charge is -2.35. The van der Waals surface area contributed by atoms with Gasteiger partial charge in [0.1, 0.15) is 11.6 Å². The molecule has 5 nitrogen and oxygen atoms in total. The van der Waals surface area contributed by atoms with Gasteiger partial charge in [-0.1, -0.05) is 0 Å². The number of hydrogen-bond donors (Lipinski definition) is 0. The second-order valence-corrected chi connectivity index (χ2v) is 4.88. The summed E-state index contributed by atoms with van der Waals surface area (Å²) in [4.78, 5) is 24.6. The third-order valence-corrected chi connectivity index (χ3v) is 2.23. The van der Waals surface area contributed by atoms with Crippen LogP contribution >= 0.6 is 0 Å². The normalized spacial score (nSPS) is 21.8. The lowest BCUT2D eigenvalue weighted by atomic mass is 10.1. The average Bonchev–Trinajstić information content (AvgIpc) is 2.15. The predicted octanol–water partition coefficient (Wildman–Crippen LogP) is 1.21. The Morgan fingerprint density at radius 1 is 1.38 bits per heavy atom. The van der Waals surface area contributed by atoms with Crippen molar-refractivity contribution in [1.29, 1.82) is 0 Å². The molecule has 1 atom stereocenters. The van der Waals surface area contributed by atoms with Crippen LogP contribution in [0.4, 0.5) is 4.79 Å². The molecule has 5 heteroatoms. The zero-order valence-electron chi connectivity index (χ0n) is 10.3. The van der Waals surface area contributed by atoms with Gasteiger partial charge in [0.05, 0.1) is 13.2 Å². The van der Waals surface area contributed by atoms with E-state index in [4.69, 9.17) is 9.47 Å². The topological polar surface area (TPSA) is 55.8 Å². The number of rotatable bonds is 1. The first-order chi connectivity index (χ1) is 7.31. The van der Waals surface area contributed by atoms with Gasteiger partial charge in [-0.3, -0.25) is 9.69 Å². The van der Waals surface area contributed by atoms with Crippen LogP contribution in [0.3, 0.4) is 0 Å². The van der Waals surface area contributed by atoms with Gasteiger partial charge in [-0.05, 0) is 27.7 Å². The summed E-state index contributed by atoms with van der Waals surface area (Å²) in [5, 5.41) is 0. The summed E-state index contributed by atoms with van der Waals surface area (Å²) in [6.07, 6.45) is -0.448. The van der Waals surface area contributed by atoms with Crippen LogP contribution in [0, 0.1) is 0 Å². The molecule has 0 aromatic heterocycles. The van der Waals surface area contributed by atoms with Gasteiger partial charge in [0, 0.05) is 6.54 Å². The Hall–Kier alpha value is -1.10. The summed E-state index contributed by atoms with van der Waals surface area (Å²) in [6, 6.07) is -0.511. The molecule has 0 spiro atoms. The Labute approximate surface area is 95.7 Å². The molecule has 16 heavy (non-hydrogen) atoms. The number of carbonyl (C=O) groups is 2. The van der Waals surface area contributed by atoms with Gasteiger partial charge in [0.25, 0.3) is 0 Å². The zero-order chi connectivity index (χ0) is 12.3.